The Morgan fingerprint density at radius 1 is 1.00 bits per heavy atom. The Hall–Kier alpha value is -1.16. The summed E-state index contributed by atoms with van der Waals surface area (Å²) >= 11 is 13.7. The molecule has 1 N–H and O–H groups in total. The highest BCUT2D eigenvalue weighted by Gasteiger charge is 2.03. The van der Waals surface area contributed by atoms with E-state index in [4.69, 9.17) is 23.2 Å². The minimum Gasteiger partial charge on any atom is -0.355 e. The first kappa shape index (κ1) is 20.2. The molecule has 0 spiro atoms. The van der Waals surface area contributed by atoms with E-state index in [1.807, 2.05) is 18.2 Å². The fourth-order valence-corrected chi connectivity index (χ4v) is 3.50. The molecule has 25 heavy (non-hydrogen) atoms. The van der Waals surface area contributed by atoms with Gasteiger partial charge in [-0.2, -0.15) is 11.8 Å². The van der Waals surface area contributed by atoms with Crippen molar-refractivity contribution < 1.29 is 4.79 Å². The first-order valence-electron chi connectivity index (χ1n) is 8.44. The second-order valence-electron chi connectivity index (χ2n) is 5.82. The summed E-state index contributed by atoms with van der Waals surface area (Å²) in [6.07, 6.45) is 2.36. The van der Waals surface area contributed by atoms with E-state index >= 15 is 0 Å². The molecule has 0 aromatic heterocycles. The van der Waals surface area contributed by atoms with Gasteiger partial charge in [0.2, 0.25) is 5.91 Å². The Balaban J connectivity index is 1.59. The van der Waals surface area contributed by atoms with Gasteiger partial charge in [-0.05, 0) is 41.7 Å². The van der Waals surface area contributed by atoms with Crippen LogP contribution in [0.2, 0.25) is 10.0 Å². The van der Waals surface area contributed by atoms with Gasteiger partial charge in [-0.1, -0.05) is 60.5 Å². The van der Waals surface area contributed by atoms with Crippen molar-refractivity contribution in [2.75, 3.05) is 12.3 Å². The molecule has 0 aliphatic rings. The molecule has 2 nitrogen and oxygen atoms in total. The summed E-state index contributed by atoms with van der Waals surface area (Å²) in [6.45, 7) is 2.82. The minimum absolute atomic E-state index is 0.106. The maximum absolute atomic E-state index is 11.9. The van der Waals surface area contributed by atoms with Crippen LogP contribution in [0.3, 0.4) is 0 Å². The Morgan fingerprint density at radius 2 is 1.68 bits per heavy atom. The first-order valence-corrected chi connectivity index (χ1v) is 10.4. The SMILES string of the molecule is CCc1ccc(CCC(=O)NCCSCc2ccc(Cl)c(Cl)c2)cc1. The minimum atomic E-state index is 0.106. The summed E-state index contributed by atoms with van der Waals surface area (Å²) in [7, 11) is 0. The van der Waals surface area contributed by atoms with Gasteiger partial charge in [0.25, 0.3) is 0 Å². The van der Waals surface area contributed by atoms with Crippen molar-refractivity contribution >= 4 is 40.9 Å². The van der Waals surface area contributed by atoms with Gasteiger partial charge in [0.15, 0.2) is 0 Å². The quantitative estimate of drug-likeness (QED) is 0.564. The number of halogens is 2. The average molecular weight is 396 g/mol. The molecule has 0 aliphatic heterocycles. The van der Waals surface area contributed by atoms with Gasteiger partial charge in [0.1, 0.15) is 0 Å². The van der Waals surface area contributed by atoms with E-state index in [2.05, 4.69) is 36.5 Å². The van der Waals surface area contributed by atoms with Crippen molar-refractivity contribution in [2.45, 2.75) is 31.9 Å². The van der Waals surface area contributed by atoms with Crippen LogP contribution >= 0.6 is 35.0 Å². The summed E-state index contributed by atoms with van der Waals surface area (Å²) in [5.74, 6) is 1.84. The number of aryl methyl sites for hydroxylation is 2. The van der Waals surface area contributed by atoms with Crippen LogP contribution < -0.4 is 5.32 Å². The van der Waals surface area contributed by atoms with Gasteiger partial charge in [0, 0.05) is 24.5 Å². The lowest BCUT2D eigenvalue weighted by atomic mass is 10.1. The molecule has 5 heteroatoms. The molecule has 2 aromatic rings. The summed E-state index contributed by atoms with van der Waals surface area (Å²) in [5, 5.41) is 4.13. The van der Waals surface area contributed by atoms with E-state index in [-0.39, 0.29) is 5.91 Å². The molecule has 2 aromatic carbocycles. The van der Waals surface area contributed by atoms with Gasteiger partial charge in [-0.15, -0.1) is 0 Å². The monoisotopic (exact) mass is 395 g/mol. The Kier molecular flexibility index (Phi) is 8.66. The molecular weight excluding hydrogens is 373 g/mol. The molecule has 0 fully saturated rings. The van der Waals surface area contributed by atoms with Crippen LogP contribution in [-0.2, 0) is 23.4 Å². The molecule has 0 saturated heterocycles. The van der Waals surface area contributed by atoms with Crippen LogP contribution in [0.1, 0.15) is 30.0 Å². The van der Waals surface area contributed by atoms with Crippen molar-refractivity contribution in [1.29, 1.82) is 0 Å². The third-order valence-electron chi connectivity index (χ3n) is 3.89. The van der Waals surface area contributed by atoms with Crippen LogP contribution in [0.25, 0.3) is 0 Å². The fourth-order valence-electron chi connectivity index (χ4n) is 2.37. The van der Waals surface area contributed by atoms with E-state index < -0.39 is 0 Å². The topological polar surface area (TPSA) is 29.1 Å². The number of carbonyl (C=O) groups is 1. The molecular formula is C20H23Cl2NOS. The molecule has 0 radical (unpaired) electrons. The third-order valence-corrected chi connectivity index (χ3v) is 5.66. The molecule has 1 amide bonds. The molecule has 0 atom stereocenters. The van der Waals surface area contributed by atoms with E-state index in [1.165, 1.54) is 11.1 Å². The Bertz CT molecular complexity index is 689. The maximum Gasteiger partial charge on any atom is 0.220 e. The van der Waals surface area contributed by atoms with E-state index in [1.54, 1.807) is 11.8 Å². The van der Waals surface area contributed by atoms with Crippen molar-refractivity contribution in [3.63, 3.8) is 0 Å². The molecule has 0 aliphatic carbocycles. The lowest BCUT2D eigenvalue weighted by Crippen LogP contribution is -2.25. The van der Waals surface area contributed by atoms with E-state index in [9.17, 15) is 4.79 Å². The lowest BCUT2D eigenvalue weighted by Gasteiger charge is -2.07. The van der Waals surface area contributed by atoms with Crippen molar-refractivity contribution in [2.24, 2.45) is 0 Å². The van der Waals surface area contributed by atoms with E-state index in [0.717, 1.165) is 29.9 Å². The van der Waals surface area contributed by atoms with Crippen molar-refractivity contribution in [1.82, 2.24) is 5.32 Å². The molecule has 2 rings (SSSR count). The fraction of sp³-hybridized carbons (Fsp3) is 0.350. The highest BCUT2D eigenvalue weighted by molar-refractivity contribution is 7.98. The van der Waals surface area contributed by atoms with Crippen molar-refractivity contribution in [3.05, 3.63) is 69.2 Å². The van der Waals surface area contributed by atoms with Crippen LogP contribution in [0.15, 0.2) is 42.5 Å². The second-order valence-corrected chi connectivity index (χ2v) is 7.74. The largest absolute Gasteiger partial charge is 0.355 e. The lowest BCUT2D eigenvalue weighted by molar-refractivity contribution is -0.120. The number of amides is 1. The van der Waals surface area contributed by atoms with Crippen LogP contribution in [0.5, 0.6) is 0 Å². The predicted molar refractivity (Wildman–Crippen MR) is 110 cm³/mol. The van der Waals surface area contributed by atoms with Crippen LogP contribution in [0, 0.1) is 0 Å². The maximum atomic E-state index is 11.9. The van der Waals surface area contributed by atoms with Gasteiger partial charge < -0.3 is 5.32 Å². The number of nitrogens with one attached hydrogen (secondary N) is 1. The van der Waals surface area contributed by atoms with Crippen LogP contribution in [0.4, 0.5) is 0 Å². The van der Waals surface area contributed by atoms with Gasteiger partial charge >= 0.3 is 0 Å². The predicted octanol–water partition coefficient (Wildman–Crippen LogP) is 5.54. The number of hydrogen-bond acceptors (Lipinski definition) is 2. The summed E-state index contributed by atoms with van der Waals surface area (Å²) in [4.78, 5) is 11.9. The highest BCUT2D eigenvalue weighted by atomic mass is 35.5. The Morgan fingerprint density at radius 3 is 2.36 bits per heavy atom. The molecule has 134 valence electrons. The van der Waals surface area contributed by atoms with Gasteiger partial charge in [-0.3, -0.25) is 4.79 Å². The number of benzene rings is 2. The number of carbonyl (C=O) groups excluding carboxylic acids is 1. The second kappa shape index (κ2) is 10.7. The third kappa shape index (κ3) is 7.31. The molecule has 0 unspecified atom stereocenters. The van der Waals surface area contributed by atoms with Gasteiger partial charge in [0.05, 0.1) is 10.0 Å². The standard InChI is InChI=1S/C20H23Cl2NOS/c1-2-15-3-5-16(6-4-15)8-10-20(24)23-11-12-25-14-17-7-9-18(21)19(22)13-17/h3-7,9,13H,2,8,10-12,14H2,1H3,(H,23,24). The number of rotatable bonds is 9. The highest BCUT2D eigenvalue weighted by Crippen LogP contribution is 2.24. The average Bonchev–Trinajstić information content (AvgIpc) is 2.63. The van der Waals surface area contributed by atoms with Gasteiger partial charge in [-0.25, -0.2) is 0 Å². The van der Waals surface area contributed by atoms with Crippen molar-refractivity contribution in [3.8, 4) is 0 Å². The Labute approximate surface area is 164 Å². The first-order chi connectivity index (χ1) is 12.1. The summed E-state index contributed by atoms with van der Waals surface area (Å²) in [6, 6.07) is 14.2. The van der Waals surface area contributed by atoms with E-state index in [0.29, 0.717) is 23.0 Å². The molecule has 0 bridgehead atoms. The zero-order valence-corrected chi connectivity index (χ0v) is 16.7. The number of thioether (sulfide) groups is 1. The summed E-state index contributed by atoms with van der Waals surface area (Å²) < 4.78 is 0. The molecule has 0 heterocycles. The zero-order valence-electron chi connectivity index (χ0n) is 14.4. The smallest absolute Gasteiger partial charge is 0.220 e. The van der Waals surface area contributed by atoms with Crippen LogP contribution in [-0.4, -0.2) is 18.2 Å². The number of hydrogen-bond donors (Lipinski definition) is 1. The normalized spacial score (nSPS) is 10.7. The summed E-state index contributed by atoms with van der Waals surface area (Å²) in [5.41, 5.74) is 3.68. The molecule has 0 saturated carbocycles. The zero-order chi connectivity index (χ0) is 18.1.